The number of ketones is 1. The molecule has 1 aromatic carbocycles. The molecule has 0 radical (unpaired) electrons. The molecule has 2 amide bonds. The van der Waals surface area contributed by atoms with Gasteiger partial charge >= 0.3 is 0 Å². The number of anilines is 1. The predicted molar refractivity (Wildman–Crippen MR) is 129 cm³/mol. The molecular weight excluding hydrogens is 416 g/mol. The van der Waals surface area contributed by atoms with E-state index in [0.29, 0.717) is 37.2 Å². The molecule has 1 aromatic heterocycles. The third kappa shape index (κ3) is 4.28. The van der Waals surface area contributed by atoms with Crippen molar-refractivity contribution in [2.75, 3.05) is 18.4 Å². The van der Waals surface area contributed by atoms with Gasteiger partial charge in [0, 0.05) is 67.2 Å². The number of Topliss-reactive ketones (excluding diaryl/α,β-unsaturated/α-hetero) is 1. The molecule has 176 valence electrons. The summed E-state index contributed by atoms with van der Waals surface area (Å²) in [6.45, 7) is 11.1. The minimum atomic E-state index is -0.490. The molecule has 0 unspecified atom stereocenters. The molecule has 1 aliphatic carbocycles. The molecule has 0 saturated carbocycles. The van der Waals surface area contributed by atoms with Gasteiger partial charge in [-0.15, -0.1) is 0 Å². The third-order valence-electron chi connectivity index (χ3n) is 7.02. The summed E-state index contributed by atoms with van der Waals surface area (Å²) in [4.78, 5) is 39.5. The number of nitrogens with zero attached hydrogens (tertiary/aromatic N) is 2. The zero-order chi connectivity index (χ0) is 24.1. The van der Waals surface area contributed by atoms with Gasteiger partial charge in [0.1, 0.15) is 0 Å². The van der Waals surface area contributed by atoms with Crippen LogP contribution in [0.5, 0.6) is 0 Å². The van der Waals surface area contributed by atoms with Gasteiger partial charge in [0.05, 0.1) is 5.56 Å². The first-order valence-corrected chi connectivity index (χ1v) is 11.7. The molecule has 3 N–H and O–H groups in total. The Balaban J connectivity index is 1.97. The van der Waals surface area contributed by atoms with Gasteiger partial charge in [-0.1, -0.05) is 13.8 Å². The highest BCUT2D eigenvalue weighted by atomic mass is 16.2. The van der Waals surface area contributed by atoms with E-state index in [1.807, 2.05) is 30.9 Å². The number of nitrogens with one attached hydrogen (secondary N) is 1. The Kier molecular flexibility index (Phi) is 5.85. The average Bonchev–Trinajstić information content (AvgIpc) is 2.97. The van der Waals surface area contributed by atoms with E-state index >= 15 is 0 Å². The molecule has 7 nitrogen and oxygen atoms in total. The van der Waals surface area contributed by atoms with Crippen LogP contribution in [0.15, 0.2) is 18.2 Å². The van der Waals surface area contributed by atoms with Crippen LogP contribution < -0.4 is 11.1 Å². The third-order valence-corrected chi connectivity index (χ3v) is 7.02. The average molecular weight is 451 g/mol. The van der Waals surface area contributed by atoms with Crippen molar-refractivity contribution in [3.8, 4) is 5.69 Å². The zero-order valence-corrected chi connectivity index (χ0v) is 20.2. The van der Waals surface area contributed by atoms with Crippen LogP contribution in [0.25, 0.3) is 5.69 Å². The number of fused-ring (bicyclic) bond motifs is 6. The first-order chi connectivity index (χ1) is 15.5. The monoisotopic (exact) mass is 450 g/mol. The minimum Gasteiger partial charge on any atom is -0.382 e. The fraction of sp³-hybridized carbons (Fsp3) is 0.500. The Morgan fingerprint density at radius 3 is 2.55 bits per heavy atom. The maximum Gasteiger partial charge on any atom is 0.250 e. The standard InChI is InChI=1S/C26H34N4O3/c1-15-8-10-29(17(3)31)11-9-21-16(2)24-22(13-26(4,5)14-23(24)32)30(21)18-6-7-19(25(27)33)20(12-18)28-15/h6-7,12,15,28H,8-11,13-14H2,1-5H3,(H2,27,33)/t15-/m0/s1. The van der Waals surface area contributed by atoms with E-state index in [4.69, 9.17) is 5.73 Å². The molecular formula is C26H34N4O3. The summed E-state index contributed by atoms with van der Waals surface area (Å²) in [5.41, 5.74) is 11.4. The van der Waals surface area contributed by atoms with Crippen molar-refractivity contribution in [2.24, 2.45) is 11.1 Å². The SMILES string of the molecule is CC(=O)N1CCc2c(C)c3c(n2-c2ccc(C(N)=O)c(c2)N[C@@H](C)CC1)CC(C)(C)CC3=O. The highest BCUT2D eigenvalue weighted by Gasteiger charge is 2.37. The Morgan fingerprint density at radius 2 is 1.88 bits per heavy atom. The van der Waals surface area contributed by atoms with Crippen molar-refractivity contribution in [1.82, 2.24) is 9.47 Å². The van der Waals surface area contributed by atoms with Gasteiger partial charge in [-0.05, 0) is 55.9 Å². The molecule has 33 heavy (non-hydrogen) atoms. The lowest BCUT2D eigenvalue weighted by molar-refractivity contribution is -0.128. The fourth-order valence-corrected chi connectivity index (χ4v) is 5.35. The van der Waals surface area contributed by atoms with Crippen molar-refractivity contribution >= 4 is 23.3 Å². The normalized spacial score (nSPS) is 20.1. The van der Waals surface area contributed by atoms with Crippen LogP contribution in [-0.4, -0.2) is 46.2 Å². The summed E-state index contributed by atoms with van der Waals surface area (Å²) >= 11 is 0. The molecule has 2 aliphatic rings. The largest absolute Gasteiger partial charge is 0.382 e. The van der Waals surface area contributed by atoms with Crippen molar-refractivity contribution in [3.05, 3.63) is 46.3 Å². The topological polar surface area (TPSA) is 97.4 Å². The number of hydrogen-bond donors (Lipinski definition) is 2. The number of primary amides is 1. The van der Waals surface area contributed by atoms with E-state index in [2.05, 4.69) is 23.7 Å². The van der Waals surface area contributed by atoms with E-state index in [1.165, 1.54) is 0 Å². The van der Waals surface area contributed by atoms with Gasteiger partial charge in [-0.3, -0.25) is 14.4 Å². The van der Waals surface area contributed by atoms with Crippen molar-refractivity contribution < 1.29 is 14.4 Å². The summed E-state index contributed by atoms with van der Waals surface area (Å²) in [7, 11) is 0. The minimum absolute atomic E-state index is 0.0355. The first kappa shape index (κ1) is 23.1. The Hall–Kier alpha value is -3.09. The summed E-state index contributed by atoms with van der Waals surface area (Å²) < 4.78 is 2.18. The number of hydrogen-bond acceptors (Lipinski definition) is 4. The van der Waals surface area contributed by atoms with Crippen LogP contribution in [0.2, 0.25) is 0 Å². The van der Waals surface area contributed by atoms with Crippen molar-refractivity contribution in [1.29, 1.82) is 0 Å². The Labute approximate surface area is 195 Å². The van der Waals surface area contributed by atoms with E-state index in [9.17, 15) is 14.4 Å². The number of nitrogens with two attached hydrogens (primary N) is 1. The van der Waals surface area contributed by atoms with Crippen LogP contribution in [0.1, 0.15) is 78.2 Å². The second-order valence-corrected chi connectivity index (χ2v) is 10.4. The molecule has 0 spiro atoms. The van der Waals surface area contributed by atoms with E-state index in [0.717, 1.165) is 41.0 Å². The fourth-order valence-electron chi connectivity index (χ4n) is 5.35. The zero-order valence-electron chi connectivity index (χ0n) is 20.2. The summed E-state index contributed by atoms with van der Waals surface area (Å²) in [6, 6.07) is 5.68. The molecule has 1 aliphatic heterocycles. The highest BCUT2D eigenvalue weighted by molar-refractivity contribution is 6.01. The number of rotatable bonds is 1. The molecule has 0 saturated heterocycles. The molecule has 7 heteroatoms. The second-order valence-electron chi connectivity index (χ2n) is 10.4. The van der Waals surface area contributed by atoms with Crippen LogP contribution in [0.4, 0.5) is 5.69 Å². The van der Waals surface area contributed by atoms with Gasteiger partial charge in [-0.2, -0.15) is 0 Å². The number of aromatic nitrogens is 1. The van der Waals surface area contributed by atoms with Gasteiger partial charge in [-0.25, -0.2) is 0 Å². The van der Waals surface area contributed by atoms with Gasteiger partial charge < -0.3 is 20.5 Å². The maximum atomic E-state index is 13.2. The number of carbonyl (C=O) groups is 3. The van der Waals surface area contributed by atoms with E-state index in [1.54, 1.807) is 13.0 Å². The molecule has 1 atom stereocenters. The number of carbonyl (C=O) groups excluding carboxylic acids is 3. The Morgan fingerprint density at radius 1 is 1.15 bits per heavy atom. The molecule has 0 fully saturated rings. The molecule has 4 rings (SSSR count). The summed E-state index contributed by atoms with van der Waals surface area (Å²) in [5, 5.41) is 3.43. The van der Waals surface area contributed by atoms with Gasteiger partial charge in [0.15, 0.2) is 5.78 Å². The number of amides is 2. The van der Waals surface area contributed by atoms with Crippen LogP contribution in [-0.2, 0) is 17.6 Å². The lowest BCUT2D eigenvalue weighted by Crippen LogP contribution is -2.35. The number of benzene rings is 1. The quantitative estimate of drug-likeness (QED) is 0.693. The molecule has 2 heterocycles. The lowest BCUT2D eigenvalue weighted by atomic mass is 9.75. The van der Waals surface area contributed by atoms with Gasteiger partial charge in [0.25, 0.3) is 5.91 Å². The summed E-state index contributed by atoms with van der Waals surface area (Å²) in [6.07, 6.45) is 2.70. The van der Waals surface area contributed by atoms with Gasteiger partial charge in [0.2, 0.25) is 5.91 Å². The Bertz CT molecular complexity index is 1140. The van der Waals surface area contributed by atoms with Crippen LogP contribution in [0, 0.1) is 12.3 Å². The maximum absolute atomic E-state index is 13.2. The highest BCUT2D eigenvalue weighted by Crippen LogP contribution is 2.40. The van der Waals surface area contributed by atoms with E-state index < -0.39 is 5.91 Å². The van der Waals surface area contributed by atoms with Crippen LogP contribution in [0.3, 0.4) is 0 Å². The predicted octanol–water partition coefficient (Wildman–Crippen LogP) is 3.63. The second kappa shape index (κ2) is 8.36. The van der Waals surface area contributed by atoms with Crippen molar-refractivity contribution in [3.63, 3.8) is 0 Å². The first-order valence-electron chi connectivity index (χ1n) is 11.7. The molecule has 2 bridgehead atoms. The molecule has 2 aromatic rings. The van der Waals surface area contributed by atoms with E-state index in [-0.39, 0.29) is 23.1 Å². The van der Waals surface area contributed by atoms with Crippen molar-refractivity contribution in [2.45, 2.75) is 66.3 Å². The smallest absolute Gasteiger partial charge is 0.250 e. The van der Waals surface area contributed by atoms with Crippen LogP contribution >= 0.6 is 0 Å². The summed E-state index contributed by atoms with van der Waals surface area (Å²) in [5.74, 6) is -0.281. The lowest BCUT2D eigenvalue weighted by Gasteiger charge is -2.30.